The van der Waals surface area contributed by atoms with Gasteiger partial charge in [0.15, 0.2) is 0 Å². The fourth-order valence-corrected chi connectivity index (χ4v) is 3.34. The molecular weight excluding hydrogens is 348 g/mol. The van der Waals surface area contributed by atoms with Gasteiger partial charge in [-0.25, -0.2) is 0 Å². The highest BCUT2D eigenvalue weighted by molar-refractivity contribution is 5.88. The predicted molar refractivity (Wildman–Crippen MR) is 102 cm³/mol. The van der Waals surface area contributed by atoms with Gasteiger partial charge in [-0.1, -0.05) is 26.0 Å². The molecule has 0 radical (unpaired) electrons. The van der Waals surface area contributed by atoms with Gasteiger partial charge in [-0.3, -0.25) is 19.7 Å². The number of amides is 2. The lowest BCUT2D eigenvalue weighted by atomic mass is 9.87. The number of hydrogen-bond donors (Lipinski definition) is 1. The van der Waals surface area contributed by atoms with Gasteiger partial charge in [0.1, 0.15) is 6.04 Å². The molecule has 0 aliphatic carbocycles. The minimum absolute atomic E-state index is 0.00754. The van der Waals surface area contributed by atoms with Gasteiger partial charge in [0.05, 0.1) is 4.92 Å². The van der Waals surface area contributed by atoms with Crippen molar-refractivity contribution >= 4 is 17.5 Å². The van der Waals surface area contributed by atoms with Crippen molar-refractivity contribution in [2.45, 2.75) is 38.6 Å². The van der Waals surface area contributed by atoms with Gasteiger partial charge in [-0.2, -0.15) is 0 Å². The van der Waals surface area contributed by atoms with Crippen LogP contribution in [-0.4, -0.2) is 65.8 Å². The van der Waals surface area contributed by atoms with E-state index < -0.39 is 11.0 Å². The van der Waals surface area contributed by atoms with E-state index in [1.165, 1.54) is 12.1 Å². The van der Waals surface area contributed by atoms with Crippen LogP contribution in [0, 0.1) is 10.1 Å². The molecule has 2 amide bonds. The van der Waals surface area contributed by atoms with Gasteiger partial charge in [0.2, 0.25) is 11.8 Å². The summed E-state index contributed by atoms with van der Waals surface area (Å²) in [6, 6.07) is 5.56. The quantitative estimate of drug-likeness (QED) is 0.578. The molecule has 0 saturated carbocycles. The first kappa shape index (κ1) is 20.8. The second-order valence-electron chi connectivity index (χ2n) is 6.89. The average Bonchev–Trinajstić information content (AvgIpc) is 2.68. The van der Waals surface area contributed by atoms with Gasteiger partial charge < -0.3 is 15.1 Å². The van der Waals surface area contributed by atoms with Crippen molar-refractivity contribution in [3.63, 3.8) is 0 Å². The van der Waals surface area contributed by atoms with Crippen molar-refractivity contribution in [2.75, 3.05) is 33.2 Å². The van der Waals surface area contributed by atoms with Crippen LogP contribution >= 0.6 is 0 Å². The normalized spacial score (nSPS) is 17.2. The van der Waals surface area contributed by atoms with E-state index in [4.69, 9.17) is 0 Å². The summed E-state index contributed by atoms with van der Waals surface area (Å²) in [6.07, 6.45) is 0.926. The summed E-state index contributed by atoms with van der Waals surface area (Å²) < 4.78 is 0. The van der Waals surface area contributed by atoms with Crippen molar-refractivity contribution in [1.82, 2.24) is 15.1 Å². The van der Waals surface area contributed by atoms with E-state index in [2.05, 4.69) is 10.2 Å². The zero-order valence-electron chi connectivity index (χ0n) is 16.2. The maximum Gasteiger partial charge on any atom is 0.269 e. The van der Waals surface area contributed by atoms with Gasteiger partial charge in [-0.15, -0.1) is 0 Å². The second-order valence-corrected chi connectivity index (χ2v) is 6.89. The third-order valence-electron chi connectivity index (χ3n) is 5.09. The molecule has 2 rings (SSSR count). The lowest BCUT2D eigenvalue weighted by molar-refractivity contribution is -0.384. The van der Waals surface area contributed by atoms with Crippen LogP contribution in [0.1, 0.15) is 38.2 Å². The molecule has 0 aromatic heterocycles. The molecule has 1 heterocycles. The van der Waals surface area contributed by atoms with Crippen LogP contribution in [0.25, 0.3) is 0 Å². The minimum atomic E-state index is -0.674. The molecule has 8 heteroatoms. The van der Waals surface area contributed by atoms with Crippen LogP contribution in [0.2, 0.25) is 0 Å². The molecule has 27 heavy (non-hydrogen) atoms. The Balaban J connectivity index is 2.27. The van der Waals surface area contributed by atoms with Crippen LogP contribution in [0.15, 0.2) is 24.3 Å². The van der Waals surface area contributed by atoms with E-state index in [1.54, 1.807) is 24.0 Å². The fraction of sp³-hybridized carbons (Fsp3) is 0.579. The van der Waals surface area contributed by atoms with Gasteiger partial charge in [0, 0.05) is 50.7 Å². The van der Waals surface area contributed by atoms with Crippen molar-refractivity contribution in [3.8, 4) is 0 Å². The molecule has 2 unspecified atom stereocenters. The maximum absolute atomic E-state index is 13.2. The Kier molecular flexibility index (Phi) is 7.29. The number of hydrogen-bond acceptors (Lipinski definition) is 5. The Hall–Kier alpha value is -2.48. The summed E-state index contributed by atoms with van der Waals surface area (Å²) in [5.41, 5.74) is 0.820. The first-order valence-corrected chi connectivity index (χ1v) is 9.38. The Morgan fingerprint density at radius 2 is 1.74 bits per heavy atom. The van der Waals surface area contributed by atoms with Crippen LogP contribution in [0.5, 0.6) is 0 Å². The molecule has 1 aliphatic rings. The van der Waals surface area contributed by atoms with E-state index in [0.717, 1.165) is 18.7 Å². The Morgan fingerprint density at radius 3 is 2.22 bits per heavy atom. The maximum atomic E-state index is 13.2. The molecule has 1 aromatic rings. The first-order valence-electron chi connectivity index (χ1n) is 9.38. The summed E-state index contributed by atoms with van der Waals surface area (Å²) in [7, 11) is 2.02. The average molecular weight is 376 g/mol. The monoisotopic (exact) mass is 376 g/mol. The van der Waals surface area contributed by atoms with Crippen molar-refractivity contribution < 1.29 is 14.5 Å². The van der Waals surface area contributed by atoms with Gasteiger partial charge >= 0.3 is 0 Å². The van der Waals surface area contributed by atoms with Crippen molar-refractivity contribution in [1.29, 1.82) is 0 Å². The molecule has 2 atom stereocenters. The summed E-state index contributed by atoms with van der Waals surface area (Å²) in [5, 5.41) is 13.8. The fourth-order valence-electron chi connectivity index (χ4n) is 3.34. The molecule has 8 nitrogen and oxygen atoms in total. The first-order chi connectivity index (χ1) is 12.9. The largest absolute Gasteiger partial charge is 0.344 e. The Labute approximate surface area is 159 Å². The number of rotatable bonds is 7. The van der Waals surface area contributed by atoms with E-state index in [9.17, 15) is 19.7 Å². The highest BCUT2D eigenvalue weighted by Crippen LogP contribution is 2.27. The number of nitro benzene ring substituents is 1. The molecule has 1 aromatic carbocycles. The number of piperazine rings is 1. The zero-order chi connectivity index (χ0) is 20.0. The summed E-state index contributed by atoms with van der Waals surface area (Å²) >= 11 is 0. The number of nitrogens with zero attached hydrogens (tertiary/aromatic N) is 3. The van der Waals surface area contributed by atoms with Crippen LogP contribution in [0.3, 0.4) is 0 Å². The highest BCUT2D eigenvalue weighted by atomic mass is 16.6. The van der Waals surface area contributed by atoms with Crippen LogP contribution < -0.4 is 5.32 Å². The molecule has 1 aliphatic heterocycles. The minimum Gasteiger partial charge on any atom is -0.344 e. The third kappa shape index (κ3) is 5.26. The molecule has 0 bridgehead atoms. The van der Waals surface area contributed by atoms with E-state index in [-0.39, 0.29) is 23.4 Å². The molecule has 1 fully saturated rings. The third-order valence-corrected chi connectivity index (χ3v) is 5.09. The van der Waals surface area contributed by atoms with Gasteiger partial charge in [-0.05, 0) is 19.0 Å². The van der Waals surface area contributed by atoms with E-state index >= 15 is 0 Å². The van der Waals surface area contributed by atoms with Crippen LogP contribution in [0.4, 0.5) is 5.69 Å². The number of benzene rings is 1. The molecule has 1 N–H and O–H groups in total. The number of non-ortho nitro benzene ring substituents is 1. The van der Waals surface area contributed by atoms with E-state index in [0.29, 0.717) is 25.9 Å². The topological polar surface area (TPSA) is 95.8 Å². The predicted octanol–water partition coefficient (Wildman–Crippen LogP) is 1.76. The second kappa shape index (κ2) is 9.45. The van der Waals surface area contributed by atoms with Crippen molar-refractivity contribution in [3.05, 3.63) is 39.9 Å². The Morgan fingerprint density at radius 1 is 1.15 bits per heavy atom. The lowest BCUT2D eigenvalue weighted by Crippen LogP contribution is -2.56. The smallest absolute Gasteiger partial charge is 0.269 e. The number of nitrogens with one attached hydrogen (secondary N) is 1. The SMILES string of the molecule is CCC(=O)NC(C(=O)N1CCN(C)CC1)C(CC)c1ccc([N+](=O)[O-])cc1. The molecule has 148 valence electrons. The van der Waals surface area contributed by atoms with Crippen LogP contribution in [-0.2, 0) is 9.59 Å². The highest BCUT2D eigenvalue weighted by Gasteiger charge is 2.34. The van der Waals surface area contributed by atoms with E-state index in [1.807, 2.05) is 14.0 Å². The lowest BCUT2D eigenvalue weighted by Gasteiger charge is -2.37. The molecular formula is C19H28N4O4. The summed E-state index contributed by atoms with van der Waals surface area (Å²) in [5.74, 6) is -0.508. The molecule has 1 saturated heterocycles. The standard InChI is InChI=1S/C19H28N4O4/c1-4-16(14-6-8-15(9-7-14)23(26)27)18(20-17(24)5-2)19(25)22-12-10-21(3)11-13-22/h6-9,16,18H,4-5,10-13H2,1-3H3,(H,20,24). The zero-order valence-corrected chi connectivity index (χ0v) is 16.2. The summed E-state index contributed by atoms with van der Waals surface area (Å²) in [6.45, 7) is 6.56. The number of likely N-dealkylation sites (N-methyl/N-ethyl adjacent to an activating group) is 1. The van der Waals surface area contributed by atoms with Crippen molar-refractivity contribution in [2.24, 2.45) is 0 Å². The number of carbonyl (C=O) groups is 2. The number of nitro groups is 1. The van der Waals surface area contributed by atoms with Gasteiger partial charge in [0.25, 0.3) is 5.69 Å². The molecule has 0 spiro atoms. The number of carbonyl (C=O) groups excluding carboxylic acids is 2. The summed E-state index contributed by atoms with van der Waals surface area (Å²) in [4.78, 5) is 39.7. The Bertz CT molecular complexity index is 669.